The van der Waals surface area contributed by atoms with Crippen molar-refractivity contribution in [3.63, 3.8) is 0 Å². The molecule has 0 saturated carbocycles. The Bertz CT molecular complexity index is 1400. The monoisotopic (exact) mass is 510 g/mol. The van der Waals surface area contributed by atoms with Crippen LogP contribution in [0.15, 0.2) is 108 Å². The number of hydrazone groups is 1. The lowest BCUT2D eigenvalue weighted by Crippen LogP contribution is -2.43. The second-order valence-electron chi connectivity index (χ2n) is 8.17. The van der Waals surface area contributed by atoms with E-state index >= 15 is 0 Å². The molecule has 4 aromatic carbocycles. The first-order valence-corrected chi connectivity index (χ1v) is 11.7. The van der Waals surface area contributed by atoms with Crippen molar-refractivity contribution >= 4 is 18.1 Å². The first kappa shape index (κ1) is 26.1. The predicted molar refractivity (Wildman–Crippen MR) is 143 cm³/mol. The van der Waals surface area contributed by atoms with Gasteiger partial charge in [-0.2, -0.15) is 5.10 Å². The van der Waals surface area contributed by atoms with E-state index in [2.05, 4.69) is 10.5 Å². The molecular formula is C30H26N2O6. The van der Waals surface area contributed by atoms with Crippen LogP contribution in [0.1, 0.15) is 27.0 Å². The normalized spacial score (nSPS) is 11.1. The Labute approximate surface area is 220 Å². The van der Waals surface area contributed by atoms with Gasteiger partial charge in [-0.05, 0) is 53.1 Å². The molecule has 0 aliphatic rings. The maximum absolute atomic E-state index is 13.2. The van der Waals surface area contributed by atoms with Crippen molar-refractivity contribution in [2.75, 3.05) is 14.2 Å². The molecular weight excluding hydrogens is 484 g/mol. The summed E-state index contributed by atoms with van der Waals surface area (Å²) in [5.74, 6) is -0.254. The van der Waals surface area contributed by atoms with E-state index in [9.17, 15) is 14.7 Å². The number of hydrogen-bond donors (Lipinski definition) is 2. The number of carbonyl (C=O) groups excluding carboxylic acids is 2. The lowest BCUT2D eigenvalue weighted by Gasteiger charge is -2.27. The number of benzene rings is 4. The second kappa shape index (κ2) is 11.9. The Morgan fingerprint density at radius 1 is 0.789 bits per heavy atom. The van der Waals surface area contributed by atoms with E-state index in [0.717, 1.165) is 0 Å². The average molecular weight is 511 g/mol. The van der Waals surface area contributed by atoms with Crippen LogP contribution in [-0.4, -0.2) is 37.4 Å². The highest BCUT2D eigenvalue weighted by Gasteiger charge is 2.39. The summed E-state index contributed by atoms with van der Waals surface area (Å²) < 4.78 is 16.0. The van der Waals surface area contributed by atoms with E-state index in [0.29, 0.717) is 33.8 Å². The number of amides is 1. The van der Waals surface area contributed by atoms with Crippen molar-refractivity contribution in [3.05, 3.63) is 125 Å². The molecule has 8 heteroatoms. The van der Waals surface area contributed by atoms with Crippen molar-refractivity contribution in [2.24, 2.45) is 5.10 Å². The Kier molecular flexibility index (Phi) is 8.15. The molecule has 0 radical (unpaired) electrons. The number of esters is 1. The number of ether oxygens (including phenoxy) is 3. The van der Waals surface area contributed by atoms with Gasteiger partial charge in [0.05, 0.1) is 26.0 Å². The van der Waals surface area contributed by atoms with Crippen LogP contribution in [0, 0.1) is 0 Å². The SMILES string of the molecule is COc1cccc(C(=O)Oc2ccc(C=NNC(=O)C(O)(c3ccccc3)c3ccccc3)cc2OC)c1. The summed E-state index contributed by atoms with van der Waals surface area (Å²) in [4.78, 5) is 25.7. The zero-order chi connectivity index (χ0) is 27.0. The highest BCUT2D eigenvalue weighted by atomic mass is 16.6. The number of nitrogens with zero attached hydrogens (tertiary/aromatic N) is 1. The smallest absolute Gasteiger partial charge is 0.343 e. The number of nitrogens with one attached hydrogen (secondary N) is 1. The minimum atomic E-state index is -1.95. The molecule has 4 aromatic rings. The number of rotatable bonds is 9. The molecule has 0 unspecified atom stereocenters. The van der Waals surface area contributed by atoms with Crippen LogP contribution in [0.5, 0.6) is 17.2 Å². The van der Waals surface area contributed by atoms with Gasteiger partial charge in [0.1, 0.15) is 5.75 Å². The number of aliphatic hydroxyl groups is 1. The molecule has 0 aliphatic carbocycles. The van der Waals surface area contributed by atoms with Crippen LogP contribution < -0.4 is 19.6 Å². The van der Waals surface area contributed by atoms with E-state index in [1.807, 2.05) is 0 Å². The average Bonchev–Trinajstić information content (AvgIpc) is 2.98. The maximum Gasteiger partial charge on any atom is 0.343 e. The quantitative estimate of drug-likeness (QED) is 0.150. The first-order chi connectivity index (χ1) is 18.5. The van der Waals surface area contributed by atoms with Crippen LogP contribution in [0.3, 0.4) is 0 Å². The van der Waals surface area contributed by atoms with Gasteiger partial charge in [-0.3, -0.25) is 4.79 Å². The fraction of sp³-hybridized carbons (Fsp3) is 0.100. The van der Waals surface area contributed by atoms with Crippen molar-refractivity contribution in [3.8, 4) is 17.2 Å². The highest BCUT2D eigenvalue weighted by molar-refractivity contribution is 5.93. The Morgan fingerprint density at radius 2 is 1.45 bits per heavy atom. The molecule has 0 heterocycles. The third-order valence-electron chi connectivity index (χ3n) is 5.79. The van der Waals surface area contributed by atoms with Crippen molar-refractivity contribution < 1.29 is 28.9 Å². The Hall–Kier alpha value is -4.95. The Balaban J connectivity index is 1.50. The van der Waals surface area contributed by atoms with Crippen LogP contribution in [-0.2, 0) is 10.4 Å². The first-order valence-electron chi connectivity index (χ1n) is 11.7. The molecule has 0 aliphatic heterocycles. The summed E-state index contributed by atoms with van der Waals surface area (Å²) in [6, 6.07) is 28.7. The number of hydrogen-bond acceptors (Lipinski definition) is 7. The fourth-order valence-electron chi connectivity index (χ4n) is 3.79. The van der Waals surface area contributed by atoms with Gasteiger partial charge >= 0.3 is 5.97 Å². The number of methoxy groups -OCH3 is 2. The molecule has 8 nitrogen and oxygen atoms in total. The predicted octanol–water partition coefficient (Wildman–Crippen LogP) is 4.31. The molecule has 0 spiro atoms. The van der Waals surface area contributed by atoms with Gasteiger partial charge in [0, 0.05) is 0 Å². The molecule has 4 rings (SSSR count). The maximum atomic E-state index is 13.2. The van der Waals surface area contributed by atoms with Crippen LogP contribution >= 0.6 is 0 Å². The van der Waals surface area contributed by atoms with Crippen molar-refractivity contribution in [1.29, 1.82) is 0 Å². The molecule has 1 amide bonds. The van der Waals surface area contributed by atoms with E-state index in [1.54, 1.807) is 103 Å². The summed E-state index contributed by atoms with van der Waals surface area (Å²) in [5, 5.41) is 15.5. The van der Waals surface area contributed by atoms with Crippen molar-refractivity contribution in [2.45, 2.75) is 5.60 Å². The molecule has 0 aromatic heterocycles. The molecule has 0 saturated heterocycles. The van der Waals surface area contributed by atoms with E-state index < -0.39 is 17.5 Å². The third-order valence-corrected chi connectivity index (χ3v) is 5.79. The van der Waals surface area contributed by atoms with Crippen LogP contribution in [0.2, 0.25) is 0 Å². The van der Waals surface area contributed by atoms with Gasteiger partial charge < -0.3 is 19.3 Å². The topological polar surface area (TPSA) is 106 Å². The number of carbonyl (C=O) groups is 2. The van der Waals surface area contributed by atoms with Gasteiger partial charge in [0.25, 0.3) is 5.91 Å². The largest absolute Gasteiger partial charge is 0.497 e. The summed E-state index contributed by atoms with van der Waals surface area (Å²) in [6.07, 6.45) is 1.39. The van der Waals surface area contributed by atoms with Crippen LogP contribution in [0.4, 0.5) is 0 Å². The lowest BCUT2D eigenvalue weighted by molar-refractivity contribution is -0.136. The Morgan fingerprint density at radius 3 is 2.05 bits per heavy atom. The minimum absolute atomic E-state index is 0.212. The highest BCUT2D eigenvalue weighted by Crippen LogP contribution is 2.30. The van der Waals surface area contributed by atoms with E-state index in [-0.39, 0.29) is 5.75 Å². The minimum Gasteiger partial charge on any atom is -0.497 e. The van der Waals surface area contributed by atoms with Gasteiger partial charge in [0.15, 0.2) is 17.1 Å². The zero-order valence-electron chi connectivity index (χ0n) is 20.8. The lowest BCUT2D eigenvalue weighted by atomic mass is 9.85. The molecule has 0 atom stereocenters. The fourth-order valence-corrected chi connectivity index (χ4v) is 3.79. The van der Waals surface area contributed by atoms with E-state index in [1.165, 1.54) is 20.4 Å². The standard InChI is InChI=1S/C30H26N2O6/c1-36-25-15-9-10-22(19-25)28(33)38-26-17-16-21(18-27(26)37-2)20-31-32-29(34)30(35,23-11-5-3-6-12-23)24-13-7-4-8-14-24/h3-20,35H,1-2H3,(H,32,34). The van der Waals surface area contributed by atoms with Crippen molar-refractivity contribution in [1.82, 2.24) is 5.43 Å². The third kappa shape index (κ3) is 5.71. The zero-order valence-corrected chi connectivity index (χ0v) is 20.8. The van der Waals surface area contributed by atoms with Gasteiger partial charge in [-0.15, -0.1) is 0 Å². The van der Waals surface area contributed by atoms with E-state index in [4.69, 9.17) is 14.2 Å². The summed E-state index contributed by atoms with van der Waals surface area (Å²) >= 11 is 0. The van der Waals surface area contributed by atoms with Crippen LogP contribution in [0.25, 0.3) is 0 Å². The molecule has 38 heavy (non-hydrogen) atoms. The van der Waals surface area contributed by atoms with Gasteiger partial charge in [-0.25, -0.2) is 10.2 Å². The van der Waals surface area contributed by atoms with Gasteiger partial charge in [0.2, 0.25) is 0 Å². The molecule has 2 N–H and O–H groups in total. The molecule has 0 bridgehead atoms. The second-order valence-corrected chi connectivity index (χ2v) is 8.17. The summed E-state index contributed by atoms with van der Waals surface area (Å²) in [5.41, 5.74) is 2.17. The molecule has 192 valence electrons. The molecule has 0 fully saturated rings. The van der Waals surface area contributed by atoms with Gasteiger partial charge in [-0.1, -0.05) is 66.7 Å². The summed E-state index contributed by atoms with van der Waals surface area (Å²) in [6.45, 7) is 0. The summed E-state index contributed by atoms with van der Waals surface area (Å²) in [7, 11) is 2.96.